The predicted octanol–water partition coefficient (Wildman–Crippen LogP) is 15.9. The zero-order chi connectivity index (χ0) is 39.3. The number of hydrogen-bond acceptors (Lipinski definition) is 3. The minimum absolute atomic E-state index is 0.0146. The molecule has 2 aromatic heterocycles. The van der Waals surface area contributed by atoms with E-state index in [1.807, 2.05) is 24.3 Å². The molecule has 10 aromatic rings. The van der Waals surface area contributed by atoms with Crippen molar-refractivity contribution in [1.82, 2.24) is 0 Å². The molecule has 3 heteroatoms. The Morgan fingerprint density at radius 1 is 0.475 bits per heavy atom. The third kappa shape index (κ3) is 6.07. The minimum Gasteiger partial charge on any atom is -0.456 e. The summed E-state index contributed by atoms with van der Waals surface area (Å²) >= 11 is 0. The summed E-state index contributed by atoms with van der Waals surface area (Å²) in [5.41, 5.74) is 13.7. The monoisotopic (exact) mass is 757 g/mol. The van der Waals surface area contributed by atoms with Crippen LogP contribution >= 0.6 is 0 Å². The van der Waals surface area contributed by atoms with Crippen molar-refractivity contribution >= 4 is 83.4 Å². The highest BCUT2D eigenvalue weighted by Crippen LogP contribution is 2.46. The normalized spacial score (nSPS) is 15.6. The number of benzene rings is 8. The van der Waals surface area contributed by atoms with Gasteiger partial charge in [0.2, 0.25) is 0 Å². The maximum Gasteiger partial charge on any atom is 0.135 e. The first-order chi connectivity index (χ1) is 29.2. The molecular formula is C56H39NO2. The largest absolute Gasteiger partial charge is 0.456 e. The van der Waals surface area contributed by atoms with Gasteiger partial charge in [-0.05, 0) is 100 Å². The zero-order valence-corrected chi connectivity index (χ0v) is 32.4. The number of para-hydroxylation sites is 3. The van der Waals surface area contributed by atoms with Gasteiger partial charge in [0.05, 0.1) is 5.69 Å². The predicted molar refractivity (Wildman–Crippen MR) is 248 cm³/mol. The van der Waals surface area contributed by atoms with E-state index in [1.54, 1.807) is 0 Å². The van der Waals surface area contributed by atoms with Crippen LogP contribution in [0.5, 0.6) is 0 Å². The fourth-order valence-corrected chi connectivity index (χ4v) is 9.02. The first kappa shape index (κ1) is 34.6. The maximum absolute atomic E-state index is 6.29. The van der Waals surface area contributed by atoms with Crippen LogP contribution in [-0.2, 0) is 0 Å². The Balaban J connectivity index is 1.16. The second kappa shape index (κ2) is 14.4. The molecule has 3 nitrogen and oxygen atoms in total. The zero-order valence-electron chi connectivity index (χ0n) is 32.4. The molecule has 11 rings (SSSR count). The van der Waals surface area contributed by atoms with Crippen LogP contribution in [-0.4, -0.2) is 0 Å². The summed E-state index contributed by atoms with van der Waals surface area (Å²) < 4.78 is 12.6. The van der Waals surface area contributed by atoms with Gasteiger partial charge in [-0.2, -0.15) is 0 Å². The molecule has 8 aromatic carbocycles. The molecule has 0 saturated carbocycles. The van der Waals surface area contributed by atoms with Crippen LogP contribution in [0, 0.1) is 0 Å². The number of nitrogens with zero attached hydrogens (tertiary/aromatic N) is 1. The second-order valence-corrected chi connectivity index (χ2v) is 15.3. The van der Waals surface area contributed by atoms with Crippen molar-refractivity contribution in [3.8, 4) is 0 Å². The van der Waals surface area contributed by atoms with Crippen molar-refractivity contribution in [3.05, 3.63) is 235 Å². The van der Waals surface area contributed by atoms with Crippen LogP contribution in [0.15, 0.2) is 221 Å². The van der Waals surface area contributed by atoms with Crippen molar-refractivity contribution in [3.63, 3.8) is 0 Å². The lowest BCUT2D eigenvalue weighted by Gasteiger charge is -2.29. The molecule has 0 N–H and O–H groups in total. The van der Waals surface area contributed by atoms with Gasteiger partial charge >= 0.3 is 0 Å². The lowest BCUT2D eigenvalue weighted by Crippen LogP contribution is -2.11. The van der Waals surface area contributed by atoms with E-state index in [1.165, 1.54) is 16.7 Å². The molecular weight excluding hydrogens is 719 g/mol. The lowest BCUT2D eigenvalue weighted by molar-refractivity contribution is 0.668. The van der Waals surface area contributed by atoms with E-state index in [2.05, 4.69) is 187 Å². The van der Waals surface area contributed by atoms with Crippen LogP contribution in [0.4, 0.5) is 17.1 Å². The Bertz CT molecular complexity index is 3320. The number of anilines is 3. The molecule has 0 spiro atoms. The van der Waals surface area contributed by atoms with Gasteiger partial charge in [-0.1, -0.05) is 158 Å². The molecule has 280 valence electrons. The molecule has 1 atom stereocenters. The first-order valence-electron chi connectivity index (χ1n) is 20.2. The van der Waals surface area contributed by atoms with Crippen molar-refractivity contribution in [2.75, 3.05) is 4.90 Å². The van der Waals surface area contributed by atoms with E-state index >= 15 is 0 Å². The van der Waals surface area contributed by atoms with Crippen LogP contribution in [0.3, 0.4) is 0 Å². The van der Waals surface area contributed by atoms with Crippen molar-refractivity contribution < 1.29 is 8.83 Å². The Hall–Kier alpha value is -7.62. The minimum atomic E-state index is -0.0146. The fraction of sp³-hybridized carbons (Fsp3) is 0.0357. The third-order valence-corrected chi connectivity index (χ3v) is 11.7. The Morgan fingerprint density at radius 2 is 1.07 bits per heavy atom. The highest BCUT2D eigenvalue weighted by molar-refractivity contribution is 6.10. The number of furan rings is 2. The third-order valence-electron chi connectivity index (χ3n) is 11.7. The molecule has 0 amide bonds. The Morgan fingerprint density at radius 3 is 1.80 bits per heavy atom. The summed E-state index contributed by atoms with van der Waals surface area (Å²) in [6, 6.07) is 62.5. The maximum atomic E-state index is 6.29. The van der Waals surface area contributed by atoms with Crippen LogP contribution in [0.1, 0.15) is 34.6 Å². The number of hydrogen-bond donors (Lipinski definition) is 0. The van der Waals surface area contributed by atoms with Gasteiger partial charge in [0.15, 0.2) is 0 Å². The molecule has 1 aliphatic carbocycles. The Labute approximate surface area is 342 Å². The molecule has 0 bridgehead atoms. The van der Waals surface area contributed by atoms with E-state index < -0.39 is 0 Å². The van der Waals surface area contributed by atoms with Gasteiger partial charge in [0.25, 0.3) is 0 Å². The molecule has 2 heterocycles. The molecule has 1 aliphatic rings. The molecule has 59 heavy (non-hydrogen) atoms. The number of allylic oxidation sites excluding steroid dienone is 6. The van der Waals surface area contributed by atoms with Gasteiger partial charge < -0.3 is 13.7 Å². The van der Waals surface area contributed by atoms with Gasteiger partial charge in [-0.15, -0.1) is 0 Å². The van der Waals surface area contributed by atoms with E-state index in [9.17, 15) is 0 Å². The summed E-state index contributed by atoms with van der Waals surface area (Å²) in [5, 5.41) is 6.76. The standard InChI is InChI=1S/C56H39NO2/c1-37-17-5-2-8-20-39(56(38-18-6-3-7-19-38)40-29-31-54-49(34-40)45-25-13-15-27-52(45)58-54)33-48-43-23-11-12-24-44(43)51(36-47(37)48)57(41-21-9-4-10-22-41)42-30-32-55-50(35-42)46-26-14-16-28-53(46)59-55/h2-19,21-36,56H,1,20H2/b8-2-,17-5-,39-33+. The van der Waals surface area contributed by atoms with Crippen molar-refractivity contribution in [2.24, 2.45) is 0 Å². The van der Waals surface area contributed by atoms with Crippen LogP contribution in [0.25, 0.3) is 66.3 Å². The fourth-order valence-electron chi connectivity index (χ4n) is 9.02. The number of rotatable bonds is 6. The van der Waals surface area contributed by atoms with E-state index in [-0.39, 0.29) is 5.92 Å². The quantitative estimate of drug-likeness (QED) is 0.169. The molecule has 0 aliphatic heterocycles. The van der Waals surface area contributed by atoms with Gasteiger partial charge in [0, 0.05) is 44.2 Å². The summed E-state index contributed by atoms with van der Waals surface area (Å²) in [5.74, 6) is -0.0146. The summed E-state index contributed by atoms with van der Waals surface area (Å²) in [4.78, 5) is 2.38. The van der Waals surface area contributed by atoms with Crippen LogP contribution < -0.4 is 4.90 Å². The topological polar surface area (TPSA) is 29.5 Å². The van der Waals surface area contributed by atoms with Crippen LogP contribution in [0.2, 0.25) is 0 Å². The van der Waals surface area contributed by atoms with E-state index in [0.717, 1.165) is 94.8 Å². The van der Waals surface area contributed by atoms with Gasteiger partial charge in [-0.25, -0.2) is 0 Å². The summed E-state index contributed by atoms with van der Waals surface area (Å²) in [6.45, 7) is 4.70. The lowest BCUT2D eigenvalue weighted by atomic mass is 9.80. The summed E-state index contributed by atoms with van der Waals surface area (Å²) in [6.07, 6.45) is 11.9. The molecule has 0 radical (unpaired) electrons. The molecule has 1 unspecified atom stereocenters. The first-order valence-corrected chi connectivity index (χ1v) is 20.2. The van der Waals surface area contributed by atoms with Crippen molar-refractivity contribution in [2.45, 2.75) is 12.3 Å². The van der Waals surface area contributed by atoms with E-state index in [4.69, 9.17) is 15.4 Å². The highest BCUT2D eigenvalue weighted by atomic mass is 16.3. The number of fused-ring (bicyclic) bond motifs is 9. The summed E-state index contributed by atoms with van der Waals surface area (Å²) in [7, 11) is 0. The second-order valence-electron chi connectivity index (χ2n) is 15.3. The van der Waals surface area contributed by atoms with E-state index in [0.29, 0.717) is 0 Å². The Kier molecular flexibility index (Phi) is 8.45. The smallest absolute Gasteiger partial charge is 0.135 e. The van der Waals surface area contributed by atoms with Crippen molar-refractivity contribution in [1.29, 1.82) is 0 Å². The molecule has 0 fully saturated rings. The SMILES string of the molecule is C=C1/C=C\C=C/C/C(C(c2ccccc2)c2ccc3oc4ccccc4c3c2)=C\c2c1cc(N(c1ccccc1)c1ccc3oc4ccccc4c3c1)c1ccccc21. The van der Waals surface area contributed by atoms with Gasteiger partial charge in [0.1, 0.15) is 22.3 Å². The molecule has 0 saturated heterocycles. The average molecular weight is 758 g/mol. The highest BCUT2D eigenvalue weighted by Gasteiger charge is 2.24. The van der Waals surface area contributed by atoms with Gasteiger partial charge in [-0.3, -0.25) is 0 Å². The average Bonchev–Trinajstić information content (AvgIpc) is 3.85.